The summed E-state index contributed by atoms with van der Waals surface area (Å²) in [5.74, 6) is -2.22. The molecule has 0 aliphatic carbocycles. The van der Waals surface area contributed by atoms with Gasteiger partial charge in [0.2, 0.25) is 0 Å². The number of hydrogen-bond donors (Lipinski definition) is 1. The molecule has 1 N–H and O–H groups in total. The summed E-state index contributed by atoms with van der Waals surface area (Å²) in [5.41, 5.74) is 0.630. The molecule has 2 aromatic rings. The van der Waals surface area contributed by atoms with E-state index in [4.69, 9.17) is 4.52 Å². The van der Waals surface area contributed by atoms with Crippen LogP contribution in [0.4, 0.5) is 8.78 Å². The van der Waals surface area contributed by atoms with Gasteiger partial charge in [-0.05, 0) is 6.92 Å². The lowest BCUT2D eigenvalue weighted by atomic mass is 10.1. The van der Waals surface area contributed by atoms with Crippen LogP contribution in [0.25, 0.3) is 0 Å². The highest BCUT2D eigenvalue weighted by Crippen LogP contribution is 2.26. The van der Waals surface area contributed by atoms with Crippen LogP contribution in [0.2, 0.25) is 0 Å². The number of nitrogens with one attached hydrogen (secondary N) is 1. The summed E-state index contributed by atoms with van der Waals surface area (Å²) in [7, 11) is 0. The molecule has 0 amide bonds. The molecule has 1 aromatic heterocycles. The van der Waals surface area contributed by atoms with Crippen LogP contribution in [-0.4, -0.2) is 11.7 Å². The Labute approximate surface area is 104 Å². The summed E-state index contributed by atoms with van der Waals surface area (Å²) < 4.78 is 32.4. The molecule has 0 unspecified atom stereocenters. The molecule has 0 aliphatic heterocycles. The monoisotopic (exact) mass is 252 g/mol. The Hall–Kier alpha value is -1.75. The van der Waals surface area contributed by atoms with Crippen LogP contribution in [0.5, 0.6) is 0 Å². The van der Waals surface area contributed by atoms with Crippen LogP contribution in [0.3, 0.4) is 0 Å². The lowest BCUT2D eigenvalue weighted by molar-refractivity contribution is -0.00354. The van der Waals surface area contributed by atoms with Gasteiger partial charge in [-0.3, -0.25) is 0 Å². The lowest BCUT2D eigenvalue weighted by Crippen LogP contribution is -2.30. The molecule has 0 atom stereocenters. The van der Waals surface area contributed by atoms with E-state index in [2.05, 4.69) is 10.5 Å². The van der Waals surface area contributed by atoms with Gasteiger partial charge < -0.3 is 9.84 Å². The summed E-state index contributed by atoms with van der Waals surface area (Å²) in [6.45, 7) is 1.59. The van der Waals surface area contributed by atoms with E-state index in [-0.39, 0.29) is 12.1 Å². The second-order valence-corrected chi connectivity index (χ2v) is 4.10. The summed E-state index contributed by atoms with van der Waals surface area (Å²) in [6, 6.07) is 9.47. The molecule has 0 radical (unpaired) electrons. The minimum atomic E-state index is -2.89. The topological polar surface area (TPSA) is 38.1 Å². The Morgan fingerprint density at radius 1 is 1.28 bits per heavy atom. The third-order valence-electron chi connectivity index (χ3n) is 2.53. The van der Waals surface area contributed by atoms with Crippen molar-refractivity contribution in [2.45, 2.75) is 19.4 Å². The number of alkyl halides is 2. The molecule has 1 aromatic carbocycles. The first-order valence-corrected chi connectivity index (χ1v) is 5.64. The average molecular weight is 252 g/mol. The number of benzene rings is 1. The van der Waals surface area contributed by atoms with Gasteiger partial charge in [-0.2, -0.15) is 8.78 Å². The van der Waals surface area contributed by atoms with Crippen molar-refractivity contribution in [2.75, 3.05) is 6.54 Å². The highest BCUT2D eigenvalue weighted by molar-refractivity contribution is 5.20. The molecule has 0 saturated carbocycles. The van der Waals surface area contributed by atoms with Crippen LogP contribution in [0.15, 0.2) is 40.9 Å². The van der Waals surface area contributed by atoms with Crippen molar-refractivity contribution in [3.63, 3.8) is 0 Å². The lowest BCUT2D eigenvalue weighted by Gasteiger charge is -2.16. The minimum absolute atomic E-state index is 0.00818. The normalized spacial score (nSPS) is 11.7. The Morgan fingerprint density at radius 3 is 2.61 bits per heavy atom. The van der Waals surface area contributed by atoms with E-state index in [1.807, 2.05) is 0 Å². The van der Waals surface area contributed by atoms with Crippen LogP contribution < -0.4 is 5.32 Å². The average Bonchev–Trinajstić information content (AvgIpc) is 2.76. The van der Waals surface area contributed by atoms with Crippen LogP contribution in [0.1, 0.15) is 17.0 Å². The molecule has 0 bridgehead atoms. The number of rotatable bonds is 5. The van der Waals surface area contributed by atoms with E-state index < -0.39 is 12.5 Å². The van der Waals surface area contributed by atoms with Gasteiger partial charge in [0.05, 0.1) is 12.2 Å². The van der Waals surface area contributed by atoms with Gasteiger partial charge in [-0.25, -0.2) is 0 Å². The number of nitrogens with zero attached hydrogens (tertiary/aromatic N) is 1. The zero-order valence-electron chi connectivity index (χ0n) is 9.99. The third-order valence-corrected chi connectivity index (χ3v) is 2.53. The van der Waals surface area contributed by atoms with Crippen molar-refractivity contribution < 1.29 is 13.3 Å². The number of halogens is 2. The first-order chi connectivity index (χ1) is 8.58. The van der Waals surface area contributed by atoms with E-state index in [1.54, 1.807) is 31.2 Å². The molecular formula is C13H14F2N2O. The summed E-state index contributed by atoms with van der Waals surface area (Å²) in [6.07, 6.45) is 0. The van der Waals surface area contributed by atoms with Crippen molar-refractivity contribution in [3.8, 4) is 0 Å². The maximum atomic E-state index is 13.8. The molecule has 18 heavy (non-hydrogen) atoms. The first-order valence-electron chi connectivity index (χ1n) is 5.64. The fraction of sp³-hybridized carbons (Fsp3) is 0.308. The fourth-order valence-electron chi connectivity index (χ4n) is 1.63. The molecule has 96 valence electrons. The van der Waals surface area contributed by atoms with Crippen molar-refractivity contribution in [1.29, 1.82) is 0 Å². The standard InChI is InChI=1S/C13H14F2N2O/c1-10-7-12(17-18-10)8-16-9-13(14,15)11-5-3-2-4-6-11/h2-7,16H,8-9H2,1H3. The van der Waals surface area contributed by atoms with Crippen LogP contribution >= 0.6 is 0 Å². The van der Waals surface area contributed by atoms with E-state index in [0.29, 0.717) is 11.5 Å². The molecule has 2 rings (SSSR count). The predicted octanol–water partition coefficient (Wildman–Crippen LogP) is 2.86. The van der Waals surface area contributed by atoms with E-state index in [0.717, 1.165) is 0 Å². The Kier molecular flexibility index (Phi) is 3.72. The van der Waals surface area contributed by atoms with Crippen LogP contribution in [0, 0.1) is 6.92 Å². The van der Waals surface area contributed by atoms with E-state index in [1.165, 1.54) is 12.1 Å². The first kappa shape index (κ1) is 12.7. The number of hydrogen-bond acceptors (Lipinski definition) is 3. The van der Waals surface area contributed by atoms with Gasteiger partial charge >= 0.3 is 0 Å². The zero-order valence-corrected chi connectivity index (χ0v) is 9.99. The van der Waals surface area contributed by atoms with Gasteiger partial charge in [0.25, 0.3) is 5.92 Å². The van der Waals surface area contributed by atoms with Gasteiger partial charge in [-0.1, -0.05) is 35.5 Å². The molecule has 0 saturated heterocycles. The second-order valence-electron chi connectivity index (χ2n) is 4.10. The predicted molar refractivity (Wildman–Crippen MR) is 63.3 cm³/mol. The number of aryl methyl sites for hydroxylation is 1. The minimum Gasteiger partial charge on any atom is -0.361 e. The van der Waals surface area contributed by atoms with Crippen molar-refractivity contribution in [2.24, 2.45) is 0 Å². The molecule has 0 fully saturated rings. The molecule has 1 heterocycles. The zero-order chi connectivity index (χ0) is 13.0. The third kappa shape index (κ3) is 3.13. The number of aromatic nitrogens is 1. The molecule has 0 aliphatic rings. The summed E-state index contributed by atoms with van der Waals surface area (Å²) >= 11 is 0. The van der Waals surface area contributed by atoms with Crippen molar-refractivity contribution >= 4 is 0 Å². The SMILES string of the molecule is Cc1cc(CNCC(F)(F)c2ccccc2)no1. The maximum absolute atomic E-state index is 13.8. The van der Waals surface area contributed by atoms with Crippen molar-refractivity contribution in [3.05, 3.63) is 53.4 Å². The molecule has 0 spiro atoms. The fourth-order valence-corrected chi connectivity index (χ4v) is 1.63. The van der Waals surface area contributed by atoms with Gasteiger partial charge in [0.1, 0.15) is 5.76 Å². The Morgan fingerprint density at radius 2 is 2.00 bits per heavy atom. The quantitative estimate of drug-likeness (QED) is 0.889. The van der Waals surface area contributed by atoms with E-state index >= 15 is 0 Å². The van der Waals surface area contributed by atoms with E-state index in [9.17, 15) is 8.78 Å². The van der Waals surface area contributed by atoms with Gasteiger partial charge in [-0.15, -0.1) is 0 Å². The maximum Gasteiger partial charge on any atom is 0.285 e. The van der Waals surface area contributed by atoms with Crippen molar-refractivity contribution in [1.82, 2.24) is 10.5 Å². The molecular weight excluding hydrogens is 238 g/mol. The van der Waals surface area contributed by atoms with Gasteiger partial charge in [0, 0.05) is 18.2 Å². The van der Waals surface area contributed by atoms with Gasteiger partial charge in [0.15, 0.2) is 0 Å². The van der Waals surface area contributed by atoms with Crippen LogP contribution in [-0.2, 0) is 12.5 Å². The molecule has 3 nitrogen and oxygen atoms in total. The Bertz CT molecular complexity index is 497. The smallest absolute Gasteiger partial charge is 0.285 e. The molecule has 5 heteroatoms. The largest absolute Gasteiger partial charge is 0.361 e. The highest BCUT2D eigenvalue weighted by atomic mass is 19.3. The summed E-state index contributed by atoms with van der Waals surface area (Å²) in [4.78, 5) is 0. The highest BCUT2D eigenvalue weighted by Gasteiger charge is 2.30. The Balaban J connectivity index is 1.89. The second kappa shape index (κ2) is 5.27. The summed E-state index contributed by atoms with van der Waals surface area (Å²) in [5, 5.41) is 6.41.